The van der Waals surface area contributed by atoms with E-state index >= 15 is 0 Å². The van der Waals surface area contributed by atoms with Gasteiger partial charge in [-0.05, 0) is 56.0 Å². The summed E-state index contributed by atoms with van der Waals surface area (Å²) in [4.78, 5) is 20.7. The zero-order chi connectivity index (χ0) is 24.9. The quantitative estimate of drug-likeness (QED) is 0.551. The topological polar surface area (TPSA) is 85.9 Å². The molecule has 3 aliphatic rings. The first-order valence-electron chi connectivity index (χ1n) is 12.7. The van der Waals surface area contributed by atoms with Gasteiger partial charge in [0.05, 0.1) is 23.6 Å². The van der Waals surface area contributed by atoms with Crippen LogP contribution in [0.5, 0.6) is 0 Å². The fourth-order valence-electron chi connectivity index (χ4n) is 5.40. The van der Waals surface area contributed by atoms with E-state index in [-0.39, 0.29) is 22.9 Å². The van der Waals surface area contributed by atoms with Crippen LogP contribution in [-0.2, 0) is 19.6 Å². The van der Waals surface area contributed by atoms with Crippen LogP contribution in [0, 0.1) is 0 Å². The van der Waals surface area contributed by atoms with Crippen LogP contribution in [0.15, 0.2) is 53.4 Å². The predicted molar refractivity (Wildman–Crippen MR) is 139 cm³/mol. The van der Waals surface area contributed by atoms with Gasteiger partial charge in [0, 0.05) is 61.1 Å². The Labute approximate surface area is 211 Å². The summed E-state index contributed by atoms with van der Waals surface area (Å²) in [7, 11) is -2.38. The van der Waals surface area contributed by atoms with Crippen LogP contribution < -0.4 is 4.90 Å². The number of hydrogen-bond acceptors (Lipinski definition) is 5. The van der Waals surface area contributed by atoms with Gasteiger partial charge in [0.15, 0.2) is 0 Å². The highest BCUT2D eigenvalue weighted by molar-refractivity contribution is 7.89. The Morgan fingerprint density at radius 2 is 1.86 bits per heavy atom. The maximum Gasteiger partial charge on any atom is 0.243 e. The molecule has 1 amide bonds. The second-order valence-corrected chi connectivity index (χ2v) is 12.3. The smallest absolute Gasteiger partial charge is 0.243 e. The summed E-state index contributed by atoms with van der Waals surface area (Å²) < 4.78 is 34.1. The van der Waals surface area contributed by atoms with Gasteiger partial charge >= 0.3 is 0 Å². The number of nitrogens with zero attached hydrogens (tertiary/aromatic N) is 3. The Bertz CT molecular complexity index is 1370. The van der Waals surface area contributed by atoms with E-state index in [0.29, 0.717) is 19.7 Å². The summed E-state index contributed by atoms with van der Waals surface area (Å²) in [5, 5.41) is 1.08. The van der Waals surface area contributed by atoms with Crippen LogP contribution in [0.4, 0.5) is 5.69 Å². The molecule has 2 aliphatic heterocycles. The molecule has 3 fully saturated rings. The average molecular weight is 509 g/mol. The van der Waals surface area contributed by atoms with Crippen LogP contribution in [0.2, 0.25) is 0 Å². The highest BCUT2D eigenvalue weighted by Gasteiger charge is 2.48. The monoisotopic (exact) mass is 508 g/mol. The Balaban J connectivity index is 1.30. The molecular weight excluding hydrogens is 476 g/mol. The van der Waals surface area contributed by atoms with Gasteiger partial charge in [-0.2, -0.15) is 4.31 Å². The molecule has 1 aromatic heterocycles. The molecular formula is C27H32N4O4S. The van der Waals surface area contributed by atoms with Crippen LogP contribution >= 0.6 is 0 Å². The molecule has 1 aliphatic carbocycles. The zero-order valence-corrected chi connectivity index (χ0v) is 21.4. The van der Waals surface area contributed by atoms with E-state index in [1.165, 1.54) is 11.4 Å². The van der Waals surface area contributed by atoms with Crippen molar-refractivity contribution < 1.29 is 17.9 Å². The zero-order valence-electron chi connectivity index (χ0n) is 20.6. The molecule has 2 aromatic carbocycles. The summed E-state index contributed by atoms with van der Waals surface area (Å²) >= 11 is 0. The SMILES string of the molecule is CN(CC(=O)N1CCOC2(CC2)C1)S(=O)(=O)c1ccc(N2CCCC2)c(-c2cc3ccccc3[nH]2)c1. The lowest BCUT2D eigenvalue weighted by Gasteiger charge is -2.34. The van der Waals surface area contributed by atoms with Gasteiger partial charge in [-0.25, -0.2) is 8.42 Å². The second-order valence-electron chi connectivity index (χ2n) is 10.3. The van der Waals surface area contributed by atoms with Crippen molar-refractivity contribution in [1.82, 2.24) is 14.2 Å². The number of para-hydroxylation sites is 1. The van der Waals surface area contributed by atoms with Crippen molar-refractivity contribution in [1.29, 1.82) is 0 Å². The Morgan fingerprint density at radius 1 is 1.08 bits per heavy atom. The number of H-pyrrole nitrogens is 1. The molecule has 6 rings (SSSR count). The molecule has 0 bridgehead atoms. The molecule has 8 nitrogen and oxygen atoms in total. The minimum atomic E-state index is -3.86. The number of likely N-dealkylation sites (N-methyl/N-ethyl adjacent to an activating group) is 1. The first-order valence-corrected chi connectivity index (χ1v) is 14.1. The number of hydrogen-bond donors (Lipinski definition) is 1. The summed E-state index contributed by atoms with van der Waals surface area (Å²) in [6.45, 7) is 3.28. The Hall–Kier alpha value is -2.88. The summed E-state index contributed by atoms with van der Waals surface area (Å²) in [6.07, 6.45) is 4.18. The molecule has 1 spiro atoms. The van der Waals surface area contributed by atoms with E-state index in [1.807, 2.05) is 30.3 Å². The third-order valence-electron chi connectivity index (χ3n) is 7.71. The highest BCUT2D eigenvalue weighted by atomic mass is 32.2. The number of sulfonamides is 1. The van der Waals surface area contributed by atoms with Crippen LogP contribution in [-0.4, -0.2) is 80.5 Å². The van der Waals surface area contributed by atoms with Gasteiger partial charge in [-0.3, -0.25) is 4.79 Å². The van der Waals surface area contributed by atoms with Gasteiger partial charge in [0.2, 0.25) is 15.9 Å². The number of amides is 1. The van der Waals surface area contributed by atoms with E-state index in [2.05, 4.69) is 16.0 Å². The molecule has 0 unspecified atom stereocenters. The average Bonchev–Trinajstić information content (AvgIpc) is 3.28. The lowest BCUT2D eigenvalue weighted by molar-refractivity contribution is -0.140. The van der Waals surface area contributed by atoms with Gasteiger partial charge in [-0.1, -0.05) is 18.2 Å². The lowest BCUT2D eigenvalue weighted by Crippen LogP contribution is -2.50. The molecule has 0 radical (unpaired) electrons. The number of rotatable bonds is 6. The van der Waals surface area contributed by atoms with Crippen molar-refractivity contribution in [2.75, 3.05) is 51.3 Å². The number of morpholine rings is 1. The minimum absolute atomic E-state index is 0.180. The summed E-state index contributed by atoms with van der Waals surface area (Å²) in [6, 6.07) is 15.4. The maximum absolute atomic E-state index is 13.6. The minimum Gasteiger partial charge on any atom is -0.371 e. The largest absolute Gasteiger partial charge is 0.371 e. The van der Waals surface area contributed by atoms with E-state index in [0.717, 1.165) is 66.6 Å². The lowest BCUT2D eigenvalue weighted by atomic mass is 10.1. The van der Waals surface area contributed by atoms with E-state index in [9.17, 15) is 13.2 Å². The molecule has 3 aromatic rings. The van der Waals surface area contributed by atoms with Crippen molar-refractivity contribution in [3.8, 4) is 11.3 Å². The molecule has 36 heavy (non-hydrogen) atoms. The molecule has 3 heterocycles. The molecule has 2 saturated heterocycles. The highest BCUT2D eigenvalue weighted by Crippen LogP contribution is 2.42. The Morgan fingerprint density at radius 3 is 2.61 bits per heavy atom. The van der Waals surface area contributed by atoms with Crippen molar-refractivity contribution in [2.24, 2.45) is 0 Å². The molecule has 1 saturated carbocycles. The van der Waals surface area contributed by atoms with Crippen molar-refractivity contribution in [3.63, 3.8) is 0 Å². The van der Waals surface area contributed by atoms with Crippen molar-refractivity contribution >= 4 is 32.5 Å². The number of carbonyl (C=O) groups excluding carboxylic acids is 1. The first-order chi connectivity index (χ1) is 17.3. The maximum atomic E-state index is 13.6. The van der Waals surface area contributed by atoms with Gasteiger partial charge in [-0.15, -0.1) is 0 Å². The molecule has 190 valence electrons. The number of aromatic nitrogens is 1. The number of nitrogens with one attached hydrogen (secondary N) is 1. The normalized spacial score (nSPS) is 19.5. The number of carbonyl (C=O) groups is 1. The van der Waals surface area contributed by atoms with E-state index in [1.54, 1.807) is 17.0 Å². The number of benzene rings is 2. The van der Waals surface area contributed by atoms with Gasteiger partial charge in [0.1, 0.15) is 0 Å². The van der Waals surface area contributed by atoms with Crippen molar-refractivity contribution in [2.45, 2.75) is 36.2 Å². The fourth-order valence-corrected chi connectivity index (χ4v) is 6.55. The number of ether oxygens (including phenoxy) is 1. The summed E-state index contributed by atoms with van der Waals surface area (Å²) in [5.41, 5.74) is 3.59. The van der Waals surface area contributed by atoms with Crippen LogP contribution in [0.25, 0.3) is 22.2 Å². The van der Waals surface area contributed by atoms with Gasteiger partial charge in [0.25, 0.3) is 0 Å². The molecule has 0 atom stereocenters. The van der Waals surface area contributed by atoms with Crippen LogP contribution in [0.3, 0.4) is 0 Å². The number of aromatic amines is 1. The fraction of sp³-hybridized carbons (Fsp3) is 0.444. The second kappa shape index (κ2) is 8.90. The number of fused-ring (bicyclic) bond motifs is 1. The molecule has 9 heteroatoms. The Kier molecular flexibility index (Phi) is 5.81. The van der Waals surface area contributed by atoms with E-state index < -0.39 is 10.0 Å². The standard InChI is InChI=1S/C27H32N4O4S/c1-29(18-26(32)31-14-15-35-27(19-31)10-11-27)36(33,34)21-8-9-25(30-12-4-5-13-30)22(17-21)24-16-20-6-2-3-7-23(20)28-24/h2-3,6-9,16-17,28H,4-5,10-15,18-19H2,1H3. The van der Waals surface area contributed by atoms with Crippen molar-refractivity contribution in [3.05, 3.63) is 48.5 Å². The number of anilines is 1. The molecule has 1 N–H and O–H groups in total. The van der Waals surface area contributed by atoms with Crippen LogP contribution in [0.1, 0.15) is 25.7 Å². The third kappa shape index (κ3) is 4.29. The van der Waals surface area contributed by atoms with E-state index in [4.69, 9.17) is 4.74 Å². The summed E-state index contributed by atoms with van der Waals surface area (Å²) in [5.74, 6) is -0.180. The first kappa shape index (κ1) is 23.5. The third-order valence-corrected chi connectivity index (χ3v) is 9.51. The van der Waals surface area contributed by atoms with Gasteiger partial charge < -0.3 is 19.5 Å². The predicted octanol–water partition coefficient (Wildman–Crippen LogP) is 3.45.